The number of hydrogen-bond donors (Lipinski definition) is 6. The molecule has 0 spiro atoms. The van der Waals surface area contributed by atoms with Crippen LogP contribution in [0.4, 0.5) is 0 Å². The number of aliphatic hydroxyl groups excluding tert-OH is 5. The van der Waals surface area contributed by atoms with Crippen LogP contribution in [0.5, 0.6) is 0 Å². The highest BCUT2D eigenvalue weighted by molar-refractivity contribution is 7.47. The van der Waals surface area contributed by atoms with E-state index in [1.165, 1.54) is 0 Å². The lowest BCUT2D eigenvalue weighted by Crippen LogP contribution is -2.64. The van der Waals surface area contributed by atoms with Gasteiger partial charge in [0.05, 0.1) is 13.2 Å². The summed E-state index contributed by atoms with van der Waals surface area (Å²) < 4.78 is 34.0. The van der Waals surface area contributed by atoms with Crippen LogP contribution in [0.15, 0.2) is 85.1 Å². The fraction of sp³-hybridized carbons (Fsp3) is 0.651. The predicted octanol–water partition coefficient (Wildman–Crippen LogP) is 7.41. The van der Waals surface area contributed by atoms with E-state index >= 15 is 0 Å². The Labute approximate surface area is 335 Å². The Morgan fingerprint density at radius 3 is 1.50 bits per heavy atom. The molecule has 1 fully saturated rings. The Morgan fingerprint density at radius 1 is 0.571 bits per heavy atom. The van der Waals surface area contributed by atoms with Crippen LogP contribution in [-0.2, 0) is 27.9 Å². The third-order valence-electron chi connectivity index (χ3n) is 8.76. The van der Waals surface area contributed by atoms with Crippen molar-refractivity contribution in [2.75, 3.05) is 19.8 Å². The van der Waals surface area contributed by atoms with Gasteiger partial charge in [-0.1, -0.05) is 112 Å². The summed E-state index contributed by atoms with van der Waals surface area (Å²) in [5.74, 6) is -0.531. The maximum Gasteiger partial charge on any atom is 0.472 e. The number of phosphoric ester groups is 1. The minimum atomic E-state index is -5.04. The van der Waals surface area contributed by atoms with Crippen molar-refractivity contribution < 1.29 is 58.3 Å². The summed E-state index contributed by atoms with van der Waals surface area (Å²) >= 11 is 0. The molecule has 320 valence electrons. The van der Waals surface area contributed by atoms with Crippen molar-refractivity contribution in [3.05, 3.63) is 85.1 Å². The number of carbonyl (C=O) groups is 1. The van der Waals surface area contributed by atoms with Gasteiger partial charge in [-0.15, -0.1) is 0 Å². The zero-order valence-electron chi connectivity index (χ0n) is 33.6. The van der Waals surface area contributed by atoms with Crippen LogP contribution in [-0.4, -0.2) is 98.9 Å². The normalized spacial score (nSPS) is 23.9. The highest BCUT2D eigenvalue weighted by atomic mass is 31.2. The van der Waals surface area contributed by atoms with Crippen LogP contribution in [0.25, 0.3) is 0 Å². The quantitative estimate of drug-likeness (QED) is 0.0171. The summed E-state index contributed by atoms with van der Waals surface area (Å²) in [6.45, 7) is 3.89. The van der Waals surface area contributed by atoms with Crippen molar-refractivity contribution in [1.82, 2.24) is 0 Å². The van der Waals surface area contributed by atoms with Gasteiger partial charge in [0, 0.05) is 13.0 Å². The molecule has 0 aliphatic heterocycles. The molecule has 1 aliphatic rings. The van der Waals surface area contributed by atoms with E-state index in [2.05, 4.69) is 98.9 Å². The van der Waals surface area contributed by atoms with Gasteiger partial charge in [-0.05, 0) is 83.5 Å². The molecule has 13 heteroatoms. The van der Waals surface area contributed by atoms with E-state index in [0.717, 1.165) is 89.9 Å². The highest BCUT2D eigenvalue weighted by Gasteiger charge is 2.51. The van der Waals surface area contributed by atoms with Gasteiger partial charge in [0.1, 0.15) is 42.7 Å². The number of aliphatic hydroxyl groups is 5. The molecule has 12 nitrogen and oxygen atoms in total. The largest absolute Gasteiger partial charge is 0.472 e. The maximum absolute atomic E-state index is 12.8. The van der Waals surface area contributed by atoms with Crippen molar-refractivity contribution in [3.63, 3.8) is 0 Å². The first-order valence-corrected chi connectivity index (χ1v) is 21.9. The molecule has 0 aromatic heterocycles. The lowest BCUT2D eigenvalue weighted by atomic mass is 9.85. The molecule has 0 heterocycles. The van der Waals surface area contributed by atoms with Crippen LogP contribution >= 0.6 is 7.82 Å². The zero-order chi connectivity index (χ0) is 41.3. The average molecular weight is 811 g/mol. The molecule has 1 saturated carbocycles. The van der Waals surface area contributed by atoms with Gasteiger partial charge in [-0.3, -0.25) is 13.8 Å². The van der Waals surface area contributed by atoms with Gasteiger partial charge in [-0.2, -0.15) is 0 Å². The average Bonchev–Trinajstić information content (AvgIpc) is 3.18. The Balaban J connectivity index is 2.52. The first kappa shape index (κ1) is 51.5. The molecule has 6 atom stereocenters. The summed E-state index contributed by atoms with van der Waals surface area (Å²) in [7, 11) is -5.04. The summed E-state index contributed by atoms with van der Waals surface area (Å²) in [6.07, 6.45) is 30.9. The molecule has 0 bridgehead atoms. The topological polar surface area (TPSA) is 192 Å². The predicted molar refractivity (Wildman–Crippen MR) is 221 cm³/mol. The molecule has 0 amide bonds. The Hall–Kier alpha value is -2.48. The fourth-order valence-electron chi connectivity index (χ4n) is 5.53. The second-order valence-electron chi connectivity index (χ2n) is 13.7. The van der Waals surface area contributed by atoms with Crippen LogP contribution in [0.1, 0.15) is 117 Å². The van der Waals surface area contributed by atoms with Gasteiger partial charge in [-0.25, -0.2) is 4.57 Å². The number of esters is 1. The van der Waals surface area contributed by atoms with Crippen molar-refractivity contribution >= 4 is 13.8 Å². The van der Waals surface area contributed by atoms with E-state index < -0.39 is 63.1 Å². The van der Waals surface area contributed by atoms with Crippen LogP contribution in [0.3, 0.4) is 0 Å². The van der Waals surface area contributed by atoms with Gasteiger partial charge >= 0.3 is 13.8 Å². The highest BCUT2D eigenvalue weighted by Crippen LogP contribution is 2.47. The first-order chi connectivity index (χ1) is 27.0. The molecule has 1 rings (SSSR count). The van der Waals surface area contributed by atoms with E-state index in [1.54, 1.807) is 0 Å². The Bertz CT molecular complexity index is 1240. The third-order valence-corrected chi connectivity index (χ3v) is 9.75. The van der Waals surface area contributed by atoms with E-state index in [1.807, 2.05) is 0 Å². The molecular formula is C43H71O12P. The zero-order valence-corrected chi connectivity index (χ0v) is 34.5. The molecule has 0 radical (unpaired) electrons. The van der Waals surface area contributed by atoms with E-state index in [4.69, 9.17) is 18.5 Å². The maximum atomic E-state index is 12.8. The molecular weight excluding hydrogens is 739 g/mol. The number of carbonyl (C=O) groups excluding carboxylic acids is 1. The van der Waals surface area contributed by atoms with Crippen LogP contribution in [0.2, 0.25) is 0 Å². The molecule has 1 aliphatic carbocycles. The monoisotopic (exact) mass is 810 g/mol. The summed E-state index contributed by atoms with van der Waals surface area (Å²) in [6, 6.07) is 0. The Kier molecular flexibility index (Phi) is 30.8. The molecule has 6 N–H and O–H groups in total. The summed E-state index contributed by atoms with van der Waals surface area (Å²) in [5.41, 5.74) is 0. The number of allylic oxidation sites excluding steroid dienone is 14. The number of hydrogen-bond acceptors (Lipinski definition) is 11. The van der Waals surface area contributed by atoms with Gasteiger partial charge in [0.15, 0.2) is 0 Å². The molecule has 0 aromatic rings. The van der Waals surface area contributed by atoms with Crippen LogP contribution in [0, 0.1) is 0 Å². The van der Waals surface area contributed by atoms with E-state index in [0.29, 0.717) is 13.0 Å². The van der Waals surface area contributed by atoms with Crippen LogP contribution < -0.4 is 0 Å². The summed E-state index contributed by atoms with van der Waals surface area (Å²) in [4.78, 5) is 23.0. The lowest BCUT2D eigenvalue weighted by molar-refractivity contribution is -0.220. The number of ether oxygens (including phenoxy) is 2. The van der Waals surface area contributed by atoms with Gasteiger partial charge in [0.25, 0.3) is 0 Å². The molecule has 0 saturated heterocycles. The standard InChI is InChI=1S/C43H71O12P/c1-3-5-7-9-11-13-15-17-19-20-22-24-26-28-30-32-37(44)54-36(34-52-33-31-29-27-25-23-21-18-16-14-12-10-8-6-4-2)35-53-56(50,51)55-43-41(48)39(46)38(45)40(47)42(43)49/h5-8,11-14,17-19,21-22,24,36,38-43,45-49H,3-4,9-10,15-16,20,23,25-35H2,1-2H3,(H,50,51)/b7-5-,8-6-,13-11-,14-12-,19-17-,21-18-,24-22-. The Morgan fingerprint density at radius 2 is 1.00 bits per heavy atom. The smallest absolute Gasteiger partial charge is 0.457 e. The van der Waals surface area contributed by atoms with Gasteiger partial charge in [0.2, 0.25) is 0 Å². The second-order valence-corrected chi connectivity index (χ2v) is 15.1. The van der Waals surface area contributed by atoms with E-state index in [-0.39, 0.29) is 13.0 Å². The van der Waals surface area contributed by atoms with Crippen molar-refractivity contribution in [2.45, 2.75) is 159 Å². The summed E-state index contributed by atoms with van der Waals surface area (Å²) in [5, 5.41) is 50.0. The number of phosphoric acid groups is 1. The molecule has 56 heavy (non-hydrogen) atoms. The van der Waals surface area contributed by atoms with Crippen molar-refractivity contribution in [2.24, 2.45) is 0 Å². The number of rotatable bonds is 32. The third kappa shape index (κ3) is 25.7. The number of unbranched alkanes of at least 4 members (excludes halogenated alkanes) is 6. The minimum absolute atomic E-state index is 0.115. The molecule has 6 unspecified atom stereocenters. The second kappa shape index (κ2) is 33.5. The minimum Gasteiger partial charge on any atom is -0.457 e. The van der Waals surface area contributed by atoms with E-state index in [9.17, 15) is 39.8 Å². The van der Waals surface area contributed by atoms with Crippen molar-refractivity contribution in [1.29, 1.82) is 0 Å². The fourth-order valence-corrected chi connectivity index (χ4v) is 6.51. The SMILES string of the molecule is CC/C=C\C/C=C\C/C=C\C/C=C\CCCCC(=O)OC(COCCCCCC/C=C\C/C=C\C/C=C\CC)COP(=O)(O)OC1C(O)C(O)C(O)C(O)C1O. The van der Waals surface area contributed by atoms with Gasteiger partial charge < -0.3 is 39.9 Å². The van der Waals surface area contributed by atoms with Crippen molar-refractivity contribution in [3.8, 4) is 0 Å². The lowest BCUT2D eigenvalue weighted by Gasteiger charge is -2.41. The molecule has 0 aromatic carbocycles. The first-order valence-electron chi connectivity index (χ1n) is 20.4.